The van der Waals surface area contributed by atoms with Crippen LogP contribution < -0.4 is 4.90 Å². The SMILES string of the molecule is c1ccc(-c2ccc3c(n2)N(c2ccc4cccc(-c5ccccc5)c4c2)c2ccccc2CC3)cc1. The van der Waals surface area contributed by atoms with Crippen LogP contribution in [0.5, 0.6) is 0 Å². The van der Waals surface area contributed by atoms with Crippen molar-refractivity contribution in [2.75, 3.05) is 4.90 Å². The van der Waals surface area contributed by atoms with Gasteiger partial charge in [-0.25, -0.2) is 4.98 Å². The first-order chi connectivity index (χ1) is 18.3. The van der Waals surface area contributed by atoms with Crippen molar-refractivity contribution in [3.8, 4) is 22.4 Å². The van der Waals surface area contributed by atoms with Gasteiger partial charge in [-0.15, -0.1) is 0 Å². The van der Waals surface area contributed by atoms with Gasteiger partial charge < -0.3 is 0 Å². The number of fused-ring (bicyclic) bond motifs is 3. The molecule has 37 heavy (non-hydrogen) atoms. The maximum absolute atomic E-state index is 5.29. The quantitative estimate of drug-likeness (QED) is 0.254. The van der Waals surface area contributed by atoms with Crippen LogP contribution in [0, 0.1) is 0 Å². The number of hydrogen-bond acceptors (Lipinski definition) is 2. The fourth-order valence-electron chi connectivity index (χ4n) is 5.49. The molecule has 1 aliphatic heterocycles. The second kappa shape index (κ2) is 9.07. The third-order valence-electron chi connectivity index (χ3n) is 7.34. The molecule has 0 fully saturated rings. The summed E-state index contributed by atoms with van der Waals surface area (Å²) in [4.78, 5) is 7.65. The highest BCUT2D eigenvalue weighted by atomic mass is 15.2. The van der Waals surface area contributed by atoms with Crippen molar-refractivity contribution in [2.24, 2.45) is 0 Å². The molecule has 0 aliphatic carbocycles. The number of rotatable bonds is 3. The average molecular weight is 475 g/mol. The Labute approximate surface area is 217 Å². The Morgan fingerprint density at radius 2 is 1.27 bits per heavy atom. The normalized spacial score (nSPS) is 12.6. The van der Waals surface area contributed by atoms with Crippen molar-refractivity contribution in [1.29, 1.82) is 0 Å². The summed E-state index contributed by atoms with van der Waals surface area (Å²) >= 11 is 0. The van der Waals surface area contributed by atoms with E-state index in [0.29, 0.717) is 0 Å². The molecule has 1 aromatic heterocycles. The fourth-order valence-corrected chi connectivity index (χ4v) is 5.49. The first-order valence-corrected chi connectivity index (χ1v) is 12.9. The van der Waals surface area contributed by atoms with Gasteiger partial charge in [-0.1, -0.05) is 109 Å². The number of benzene rings is 5. The largest absolute Gasteiger partial charge is 0.295 e. The van der Waals surface area contributed by atoms with E-state index >= 15 is 0 Å². The Bertz CT molecular complexity index is 1720. The van der Waals surface area contributed by atoms with E-state index in [9.17, 15) is 0 Å². The van der Waals surface area contributed by atoms with Crippen LogP contribution in [0.3, 0.4) is 0 Å². The standard InChI is InChI=1S/C35H26N2/c1-3-10-25(11-4-1)31-16-9-15-26-20-22-30(24-32(26)31)37-34-17-8-7-14-28(34)18-19-29-21-23-33(36-35(29)37)27-12-5-2-6-13-27/h1-17,20-24H,18-19H2. The number of aromatic nitrogens is 1. The van der Waals surface area contributed by atoms with Crippen LogP contribution in [0.15, 0.2) is 133 Å². The van der Waals surface area contributed by atoms with E-state index in [1.165, 1.54) is 38.7 Å². The molecule has 2 heteroatoms. The maximum atomic E-state index is 5.29. The molecule has 0 unspecified atom stereocenters. The molecule has 0 saturated heterocycles. The number of anilines is 3. The van der Waals surface area contributed by atoms with E-state index in [2.05, 4.69) is 138 Å². The van der Waals surface area contributed by atoms with Crippen molar-refractivity contribution >= 4 is 28.0 Å². The van der Waals surface area contributed by atoms with Gasteiger partial charge in [-0.3, -0.25) is 4.90 Å². The summed E-state index contributed by atoms with van der Waals surface area (Å²) in [5.74, 6) is 1.02. The fraction of sp³-hybridized carbons (Fsp3) is 0.0571. The molecular formula is C35H26N2. The molecular weight excluding hydrogens is 448 g/mol. The predicted octanol–water partition coefficient (Wildman–Crippen LogP) is 9.14. The third-order valence-corrected chi connectivity index (χ3v) is 7.34. The van der Waals surface area contributed by atoms with Crippen molar-refractivity contribution in [3.63, 3.8) is 0 Å². The third kappa shape index (κ3) is 3.88. The highest BCUT2D eigenvalue weighted by molar-refractivity contribution is 5.99. The minimum atomic E-state index is 0.966. The summed E-state index contributed by atoms with van der Waals surface area (Å²) in [6, 6.07) is 47.7. The Balaban J connectivity index is 1.47. The number of aryl methyl sites for hydroxylation is 2. The Morgan fingerprint density at radius 3 is 2.11 bits per heavy atom. The number of pyridine rings is 1. The van der Waals surface area contributed by atoms with E-state index in [0.717, 1.165) is 35.6 Å². The number of para-hydroxylation sites is 1. The van der Waals surface area contributed by atoms with Gasteiger partial charge >= 0.3 is 0 Å². The molecule has 0 atom stereocenters. The molecule has 6 aromatic rings. The van der Waals surface area contributed by atoms with Crippen molar-refractivity contribution in [2.45, 2.75) is 12.8 Å². The highest BCUT2D eigenvalue weighted by Crippen LogP contribution is 2.43. The number of nitrogens with zero attached hydrogens (tertiary/aromatic N) is 2. The van der Waals surface area contributed by atoms with Crippen LogP contribution >= 0.6 is 0 Å². The molecule has 0 N–H and O–H groups in total. The zero-order chi connectivity index (χ0) is 24.6. The Hall–Kier alpha value is -4.69. The molecule has 5 aromatic carbocycles. The molecule has 0 bridgehead atoms. The molecule has 0 radical (unpaired) electrons. The lowest BCUT2D eigenvalue weighted by Gasteiger charge is -2.27. The predicted molar refractivity (Wildman–Crippen MR) is 155 cm³/mol. The van der Waals surface area contributed by atoms with Gasteiger partial charge in [0, 0.05) is 11.3 Å². The van der Waals surface area contributed by atoms with E-state index in [1.807, 2.05) is 0 Å². The second-order valence-corrected chi connectivity index (χ2v) is 9.59. The molecule has 0 amide bonds. The van der Waals surface area contributed by atoms with E-state index < -0.39 is 0 Å². The summed E-state index contributed by atoms with van der Waals surface area (Å²) < 4.78 is 0. The molecule has 0 spiro atoms. The maximum Gasteiger partial charge on any atom is 0.141 e. The zero-order valence-electron chi connectivity index (χ0n) is 20.5. The summed E-state index contributed by atoms with van der Waals surface area (Å²) in [6.07, 6.45) is 1.96. The van der Waals surface area contributed by atoms with Gasteiger partial charge in [0.2, 0.25) is 0 Å². The second-order valence-electron chi connectivity index (χ2n) is 9.59. The van der Waals surface area contributed by atoms with Crippen LogP contribution in [0.1, 0.15) is 11.1 Å². The van der Waals surface area contributed by atoms with Crippen molar-refractivity contribution < 1.29 is 0 Å². The Morgan fingerprint density at radius 1 is 0.541 bits per heavy atom. The summed E-state index contributed by atoms with van der Waals surface area (Å²) in [7, 11) is 0. The van der Waals surface area contributed by atoms with Crippen LogP contribution in [0.4, 0.5) is 17.2 Å². The lowest BCUT2D eigenvalue weighted by Crippen LogP contribution is -2.13. The minimum absolute atomic E-state index is 0.966. The van der Waals surface area contributed by atoms with Crippen LogP contribution in [0.25, 0.3) is 33.2 Å². The summed E-state index contributed by atoms with van der Waals surface area (Å²) in [5.41, 5.74) is 9.55. The molecule has 1 aliphatic rings. The lowest BCUT2D eigenvalue weighted by atomic mass is 9.97. The monoisotopic (exact) mass is 474 g/mol. The zero-order valence-corrected chi connectivity index (χ0v) is 20.5. The van der Waals surface area contributed by atoms with Crippen LogP contribution in [0.2, 0.25) is 0 Å². The molecule has 176 valence electrons. The number of hydrogen-bond donors (Lipinski definition) is 0. The summed E-state index contributed by atoms with van der Waals surface area (Å²) in [5, 5.41) is 2.48. The van der Waals surface area contributed by atoms with Crippen molar-refractivity contribution in [3.05, 3.63) is 145 Å². The van der Waals surface area contributed by atoms with E-state index in [-0.39, 0.29) is 0 Å². The van der Waals surface area contributed by atoms with Gasteiger partial charge in [0.1, 0.15) is 5.82 Å². The van der Waals surface area contributed by atoms with Crippen LogP contribution in [-0.2, 0) is 12.8 Å². The average Bonchev–Trinajstić information content (AvgIpc) is 3.14. The van der Waals surface area contributed by atoms with Crippen LogP contribution in [-0.4, -0.2) is 4.98 Å². The molecule has 2 heterocycles. The van der Waals surface area contributed by atoms with Gasteiger partial charge in [0.15, 0.2) is 0 Å². The highest BCUT2D eigenvalue weighted by Gasteiger charge is 2.24. The van der Waals surface area contributed by atoms with Gasteiger partial charge in [-0.05, 0) is 70.1 Å². The topological polar surface area (TPSA) is 16.1 Å². The van der Waals surface area contributed by atoms with Gasteiger partial charge in [0.25, 0.3) is 0 Å². The lowest BCUT2D eigenvalue weighted by molar-refractivity contribution is 0.971. The first kappa shape index (κ1) is 21.6. The molecule has 7 rings (SSSR count). The van der Waals surface area contributed by atoms with Gasteiger partial charge in [0.05, 0.1) is 11.4 Å². The summed E-state index contributed by atoms with van der Waals surface area (Å²) in [6.45, 7) is 0. The Kier molecular flexibility index (Phi) is 5.29. The van der Waals surface area contributed by atoms with E-state index in [4.69, 9.17) is 4.98 Å². The minimum Gasteiger partial charge on any atom is -0.295 e. The van der Waals surface area contributed by atoms with Crippen molar-refractivity contribution in [1.82, 2.24) is 4.98 Å². The first-order valence-electron chi connectivity index (χ1n) is 12.9. The van der Waals surface area contributed by atoms with E-state index in [1.54, 1.807) is 0 Å². The van der Waals surface area contributed by atoms with Gasteiger partial charge in [-0.2, -0.15) is 0 Å². The smallest absolute Gasteiger partial charge is 0.141 e. The molecule has 0 saturated carbocycles. The molecule has 2 nitrogen and oxygen atoms in total.